The van der Waals surface area contributed by atoms with Crippen LogP contribution in [0.4, 0.5) is 11.4 Å². The van der Waals surface area contributed by atoms with Gasteiger partial charge < -0.3 is 9.47 Å². The van der Waals surface area contributed by atoms with Gasteiger partial charge in [0.2, 0.25) is 9.84 Å². The lowest BCUT2D eigenvalue weighted by molar-refractivity contribution is 0.414. The van der Waals surface area contributed by atoms with Crippen molar-refractivity contribution >= 4 is 33.6 Å². The van der Waals surface area contributed by atoms with Crippen LogP contribution in [0.5, 0.6) is 11.5 Å². The van der Waals surface area contributed by atoms with Gasteiger partial charge >= 0.3 is 0 Å². The fourth-order valence-electron chi connectivity index (χ4n) is 3.36. The minimum Gasteiger partial charge on any atom is -0.497 e. The van der Waals surface area contributed by atoms with E-state index in [1.54, 1.807) is 75.2 Å². The molecule has 0 saturated heterocycles. The van der Waals surface area contributed by atoms with Crippen LogP contribution in [-0.4, -0.2) is 35.1 Å². The van der Waals surface area contributed by atoms with E-state index in [1.807, 2.05) is 48.5 Å². The van der Waals surface area contributed by atoms with Crippen molar-refractivity contribution in [1.29, 1.82) is 0 Å². The average molecular weight is 515 g/mol. The summed E-state index contributed by atoms with van der Waals surface area (Å²) in [7, 11) is -0.462. The van der Waals surface area contributed by atoms with Gasteiger partial charge in [-0.25, -0.2) is 8.42 Å². The molecule has 0 aromatic heterocycles. The molecule has 0 atom stereocenters. The lowest BCUT2D eigenvalue weighted by atomic mass is 10.2. The van der Waals surface area contributed by atoms with Crippen LogP contribution in [0, 0.1) is 0 Å². The number of benzene rings is 4. The normalized spacial score (nSPS) is 11.5. The van der Waals surface area contributed by atoms with Crippen LogP contribution >= 0.6 is 0 Å². The molecule has 0 amide bonds. The highest BCUT2D eigenvalue weighted by atomic mass is 32.2. The van der Waals surface area contributed by atoms with Crippen LogP contribution in [0.2, 0.25) is 0 Å². The monoisotopic (exact) mass is 514 g/mol. The number of nitrogens with one attached hydrogen (secondary N) is 2. The Morgan fingerprint density at radius 2 is 1.03 bits per heavy atom. The number of anilines is 2. The third-order valence-electron chi connectivity index (χ3n) is 5.33. The quantitative estimate of drug-likeness (QED) is 0.216. The summed E-state index contributed by atoms with van der Waals surface area (Å²) in [4.78, 5) is 0.373. The van der Waals surface area contributed by atoms with Gasteiger partial charge in [-0.3, -0.25) is 10.9 Å². The lowest BCUT2D eigenvalue weighted by Crippen LogP contribution is -2.02. The summed E-state index contributed by atoms with van der Waals surface area (Å²) in [6, 6.07) is 27.8. The van der Waals surface area contributed by atoms with Crippen LogP contribution in [-0.2, 0) is 9.84 Å². The Kier molecular flexibility index (Phi) is 8.17. The van der Waals surface area contributed by atoms with Crippen molar-refractivity contribution < 1.29 is 17.9 Å². The van der Waals surface area contributed by atoms with Crippen molar-refractivity contribution in [2.45, 2.75) is 9.79 Å². The first-order chi connectivity index (χ1) is 18.0. The molecule has 37 heavy (non-hydrogen) atoms. The molecule has 0 spiro atoms. The van der Waals surface area contributed by atoms with E-state index in [-0.39, 0.29) is 9.79 Å². The van der Waals surface area contributed by atoms with Gasteiger partial charge in [-0.05, 0) is 83.9 Å². The van der Waals surface area contributed by atoms with E-state index in [1.165, 1.54) is 0 Å². The van der Waals surface area contributed by atoms with E-state index in [2.05, 4.69) is 21.1 Å². The first-order valence-electron chi connectivity index (χ1n) is 11.3. The second-order valence-electron chi connectivity index (χ2n) is 7.85. The number of ether oxygens (including phenoxy) is 2. The Bertz CT molecular complexity index is 1390. The summed E-state index contributed by atoms with van der Waals surface area (Å²) < 4.78 is 36.5. The molecule has 0 fully saturated rings. The second kappa shape index (κ2) is 11.9. The van der Waals surface area contributed by atoms with Crippen molar-refractivity contribution in [3.05, 3.63) is 108 Å². The Hall–Kier alpha value is -4.63. The highest BCUT2D eigenvalue weighted by molar-refractivity contribution is 7.91. The summed E-state index contributed by atoms with van der Waals surface area (Å²) >= 11 is 0. The molecule has 4 rings (SSSR count). The van der Waals surface area contributed by atoms with E-state index in [0.29, 0.717) is 11.4 Å². The number of rotatable bonds is 10. The zero-order valence-electron chi connectivity index (χ0n) is 20.3. The molecule has 9 heteroatoms. The number of hydrazone groups is 2. The molecule has 0 aliphatic heterocycles. The number of methoxy groups -OCH3 is 2. The van der Waals surface area contributed by atoms with Gasteiger partial charge in [0.25, 0.3) is 0 Å². The second-order valence-corrected chi connectivity index (χ2v) is 9.80. The maximum Gasteiger partial charge on any atom is 0.206 e. The molecule has 8 nitrogen and oxygen atoms in total. The molecule has 0 radical (unpaired) electrons. The Labute approximate surface area is 216 Å². The summed E-state index contributed by atoms with van der Waals surface area (Å²) in [6.45, 7) is 0. The van der Waals surface area contributed by atoms with Crippen molar-refractivity contribution in [2.24, 2.45) is 10.2 Å². The highest BCUT2D eigenvalue weighted by Crippen LogP contribution is 2.24. The molecule has 0 aliphatic rings. The van der Waals surface area contributed by atoms with E-state index in [0.717, 1.165) is 22.6 Å². The summed E-state index contributed by atoms with van der Waals surface area (Å²) in [5, 5.41) is 8.39. The molecule has 2 N–H and O–H groups in total. The number of hydrogen-bond donors (Lipinski definition) is 2. The molecule has 4 aromatic rings. The molecular formula is C28H26N4O4S. The van der Waals surface area contributed by atoms with Crippen LogP contribution in [0.1, 0.15) is 11.1 Å². The van der Waals surface area contributed by atoms with Crippen molar-refractivity contribution in [3.63, 3.8) is 0 Å². The Morgan fingerprint density at radius 3 is 1.41 bits per heavy atom. The van der Waals surface area contributed by atoms with Gasteiger partial charge in [0, 0.05) is 0 Å². The summed E-state index contributed by atoms with van der Waals surface area (Å²) in [5.74, 6) is 1.48. The number of nitrogens with zero attached hydrogens (tertiary/aromatic N) is 2. The van der Waals surface area contributed by atoms with E-state index in [4.69, 9.17) is 9.47 Å². The third-order valence-corrected chi connectivity index (χ3v) is 7.12. The minimum absolute atomic E-state index is 0.187. The van der Waals surface area contributed by atoms with Crippen molar-refractivity contribution in [2.75, 3.05) is 25.1 Å². The molecule has 0 bridgehead atoms. The number of hydrogen-bond acceptors (Lipinski definition) is 8. The highest BCUT2D eigenvalue weighted by Gasteiger charge is 2.17. The zero-order chi connectivity index (χ0) is 26.1. The van der Waals surface area contributed by atoms with Crippen LogP contribution < -0.4 is 20.3 Å². The molecular weight excluding hydrogens is 488 g/mol. The molecule has 0 unspecified atom stereocenters. The summed E-state index contributed by atoms with van der Waals surface area (Å²) in [6.07, 6.45) is 3.31. The van der Waals surface area contributed by atoms with Crippen molar-refractivity contribution in [3.8, 4) is 11.5 Å². The molecule has 0 heterocycles. The fraction of sp³-hybridized carbons (Fsp3) is 0.0714. The standard InChI is InChI=1S/C28H26N4O4S/c1-35-25-7-3-5-21(17-25)19-29-31-23-9-13-27(14-10-23)37(33,34)28-15-11-24(12-16-28)32-30-20-22-6-4-8-26(18-22)36-2/h3-20,31-32H,1-2H3/b29-19-,30-20+. The average Bonchev–Trinajstić information content (AvgIpc) is 2.94. The fourth-order valence-corrected chi connectivity index (χ4v) is 4.62. The van der Waals surface area contributed by atoms with Crippen LogP contribution in [0.3, 0.4) is 0 Å². The smallest absolute Gasteiger partial charge is 0.206 e. The zero-order valence-corrected chi connectivity index (χ0v) is 21.1. The van der Waals surface area contributed by atoms with Gasteiger partial charge in [-0.15, -0.1) is 0 Å². The van der Waals surface area contributed by atoms with Gasteiger partial charge in [-0.1, -0.05) is 24.3 Å². The Morgan fingerprint density at radius 1 is 0.622 bits per heavy atom. The molecule has 0 saturated carbocycles. The molecule has 188 valence electrons. The van der Waals surface area contributed by atoms with E-state index in [9.17, 15) is 8.42 Å². The molecule has 4 aromatic carbocycles. The van der Waals surface area contributed by atoms with Crippen LogP contribution in [0.25, 0.3) is 0 Å². The maximum absolute atomic E-state index is 13.1. The van der Waals surface area contributed by atoms with Gasteiger partial charge in [0.15, 0.2) is 0 Å². The van der Waals surface area contributed by atoms with Gasteiger partial charge in [0.05, 0.1) is 47.8 Å². The first kappa shape index (κ1) is 25.5. The lowest BCUT2D eigenvalue weighted by Gasteiger charge is -2.07. The maximum atomic E-state index is 13.1. The van der Waals surface area contributed by atoms with Crippen molar-refractivity contribution in [1.82, 2.24) is 0 Å². The predicted octanol–water partition coefficient (Wildman–Crippen LogP) is 5.43. The Balaban J connectivity index is 1.37. The SMILES string of the molecule is COc1cccc(/C=N\Nc2ccc(S(=O)(=O)c3ccc(N/N=C/c4cccc(OC)c4)cc3)cc2)c1. The topological polar surface area (TPSA) is 101 Å². The predicted molar refractivity (Wildman–Crippen MR) is 147 cm³/mol. The third kappa shape index (κ3) is 6.74. The number of sulfone groups is 1. The first-order valence-corrected chi connectivity index (χ1v) is 12.8. The molecule has 0 aliphatic carbocycles. The minimum atomic E-state index is -3.68. The van der Waals surface area contributed by atoms with Gasteiger partial charge in [0.1, 0.15) is 11.5 Å². The van der Waals surface area contributed by atoms with E-state index < -0.39 is 9.84 Å². The van der Waals surface area contributed by atoms with Gasteiger partial charge in [-0.2, -0.15) is 10.2 Å². The largest absolute Gasteiger partial charge is 0.497 e. The van der Waals surface area contributed by atoms with E-state index >= 15 is 0 Å². The van der Waals surface area contributed by atoms with Crippen LogP contribution in [0.15, 0.2) is 117 Å². The summed E-state index contributed by atoms with van der Waals surface area (Å²) in [5.41, 5.74) is 8.86.